The summed E-state index contributed by atoms with van der Waals surface area (Å²) < 4.78 is 16.4. The molecule has 0 aliphatic carbocycles. The number of hydrogen-bond acceptors (Lipinski definition) is 7. The predicted molar refractivity (Wildman–Crippen MR) is 117 cm³/mol. The first-order chi connectivity index (χ1) is 15.8. The van der Waals surface area contributed by atoms with E-state index >= 15 is 0 Å². The van der Waals surface area contributed by atoms with E-state index in [0.29, 0.717) is 41.7 Å². The van der Waals surface area contributed by atoms with Gasteiger partial charge in [0.2, 0.25) is 11.8 Å². The molecule has 33 heavy (non-hydrogen) atoms. The number of ether oxygens (including phenoxy) is 3. The van der Waals surface area contributed by atoms with Crippen molar-refractivity contribution in [3.63, 3.8) is 0 Å². The maximum Gasteiger partial charge on any atom is 0.312 e. The SMILES string of the molecule is CC(OC(=O)C1CC(=O)N(c2ccc3c(c2)OCCO3)C1)C(=O)Nc1ccc(C(N)=O)cc1. The van der Waals surface area contributed by atoms with Gasteiger partial charge in [-0.3, -0.25) is 19.2 Å². The Labute approximate surface area is 189 Å². The molecule has 2 atom stereocenters. The lowest BCUT2D eigenvalue weighted by molar-refractivity contribution is -0.157. The molecule has 3 N–H and O–H groups in total. The minimum absolute atomic E-state index is 0.0177. The van der Waals surface area contributed by atoms with Crippen molar-refractivity contribution in [1.29, 1.82) is 0 Å². The number of fused-ring (bicyclic) bond motifs is 1. The van der Waals surface area contributed by atoms with Gasteiger partial charge in [0.15, 0.2) is 17.6 Å². The van der Waals surface area contributed by atoms with Gasteiger partial charge < -0.3 is 30.2 Å². The summed E-state index contributed by atoms with van der Waals surface area (Å²) in [6.45, 7) is 2.47. The van der Waals surface area contributed by atoms with E-state index < -0.39 is 29.8 Å². The van der Waals surface area contributed by atoms with Gasteiger partial charge in [0.05, 0.1) is 5.92 Å². The standard InChI is InChI=1S/C23H23N3O7/c1-13(22(29)25-16-4-2-14(3-5-16)21(24)28)33-23(30)15-10-20(27)26(12-15)17-6-7-18-19(11-17)32-9-8-31-18/h2-7,11,13,15H,8-10,12H2,1H3,(H2,24,28)(H,25,29). The third-order valence-electron chi connectivity index (χ3n) is 5.39. The number of nitrogens with one attached hydrogen (secondary N) is 1. The fraction of sp³-hybridized carbons (Fsp3) is 0.304. The van der Waals surface area contributed by atoms with Crippen molar-refractivity contribution < 1.29 is 33.4 Å². The first-order valence-corrected chi connectivity index (χ1v) is 10.4. The molecular weight excluding hydrogens is 430 g/mol. The molecule has 2 aliphatic heterocycles. The summed E-state index contributed by atoms with van der Waals surface area (Å²) in [5.41, 5.74) is 6.52. The molecule has 3 amide bonds. The Bertz CT molecular complexity index is 1100. The van der Waals surface area contributed by atoms with Crippen LogP contribution in [0.15, 0.2) is 42.5 Å². The summed E-state index contributed by atoms with van der Waals surface area (Å²) in [5.74, 6) is -1.51. The van der Waals surface area contributed by atoms with Crippen molar-refractivity contribution >= 4 is 35.1 Å². The third-order valence-corrected chi connectivity index (χ3v) is 5.39. The topological polar surface area (TPSA) is 137 Å². The average Bonchev–Trinajstić information content (AvgIpc) is 3.20. The molecule has 10 heteroatoms. The molecule has 2 aromatic carbocycles. The normalized spacial score (nSPS) is 17.9. The van der Waals surface area contributed by atoms with Crippen LogP contribution in [0.2, 0.25) is 0 Å². The average molecular weight is 453 g/mol. The highest BCUT2D eigenvalue weighted by Crippen LogP contribution is 2.36. The van der Waals surface area contributed by atoms with Gasteiger partial charge in [-0.25, -0.2) is 0 Å². The largest absolute Gasteiger partial charge is 0.486 e. The second-order valence-corrected chi connectivity index (χ2v) is 7.74. The van der Waals surface area contributed by atoms with Crippen LogP contribution < -0.4 is 25.4 Å². The van der Waals surface area contributed by atoms with Crippen LogP contribution in [0, 0.1) is 5.92 Å². The summed E-state index contributed by atoms with van der Waals surface area (Å²) in [6, 6.07) is 11.2. The number of benzene rings is 2. The summed E-state index contributed by atoms with van der Waals surface area (Å²) in [5, 5.41) is 2.60. The maximum atomic E-state index is 12.6. The second-order valence-electron chi connectivity index (χ2n) is 7.74. The molecule has 10 nitrogen and oxygen atoms in total. The third kappa shape index (κ3) is 4.89. The molecule has 1 saturated heterocycles. The Kier molecular flexibility index (Phi) is 6.16. The highest BCUT2D eigenvalue weighted by atomic mass is 16.6. The number of amides is 3. The minimum Gasteiger partial charge on any atom is -0.486 e. The van der Waals surface area contributed by atoms with Gasteiger partial charge in [-0.15, -0.1) is 0 Å². The van der Waals surface area contributed by atoms with Crippen molar-refractivity contribution in [2.45, 2.75) is 19.4 Å². The minimum atomic E-state index is -1.08. The van der Waals surface area contributed by atoms with Crippen molar-refractivity contribution in [1.82, 2.24) is 0 Å². The highest BCUT2D eigenvalue weighted by Gasteiger charge is 2.37. The van der Waals surface area contributed by atoms with Gasteiger partial charge in [0, 0.05) is 36.0 Å². The smallest absolute Gasteiger partial charge is 0.312 e. The lowest BCUT2D eigenvalue weighted by atomic mass is 10.1. The molecule has 2 heterocycles. The van der Waals surface area contributed by atoms with Gasteiger partial charge in [0.25, 0.3) is 5.91 Å². The van der Waals surface area contributed by atoms with Gasteiger partial charge in [0.1, 0.15) is 13.2 Å². The van der Waals surface area contributed by atoms with E-state index in [4.69, 9.17) is 19.9 Å². The van der Waals surface area contributed by atoms with E-state index in [-0.39, 0.29) is 18.9 Å². The zero-order valence-electron chi connectivity index (χ0n) is 17.9. The molecule has 172 valence electrons. The Morgan fingerprint density at radius 1 is 1.09 bits per heavy atom. The molecular formula is C23H23N3O7. The van der Waals surface area contributed by atoms with E-state index in [1.165, 1.54) is 36.1 Å². The quantitative estimate of drug-likeness (QED) is 0.632. The Hall–Kier alpha value is -4.08. The monoisotopic (exact) mass is 453 g/mol. The summed E-state index contributed by atoms with van der Waals surface area (Å²) in [6.07, 6.45) is -1.09. The molecule has 2 aliphatic rings. The van der Waals surface area contributed by atoms with Crippen molar-refractivity contribution in [3.8, 4) is 11.5 Å². The van der Waals surface area contributed by atoms with Crippen molar-refractivity contribution in [2.24, 2.45) is 11.7 Å². The number of anilines is 2. The molecule has 0 radical (unpaired) electrons. The molecule has 1 fully saturated rings. The van der Waals surface area contributed by atoms with E-state index in [2.05, 4.69) is 5.32 Å². The Morgan fingerprint density at radius 3 is 2.48 bits per heavy atom. The van der Waals surface area contributed by atoms with Crippen LogP contribution in [0.4, 0.5) is 11.4 Å². The number of nitrogens with zero attached hydrogens (tertiary/aromatic N) is 1. The lowest BCUT2D eigenvalue weighted by Crippen LogP contribution is -2.33. The van der Waals surface area contributed by atoms with Gasteiger partial charge in [-0.05, 0) is 43.3 Å². The summed E-state index contributed by atoms with van der Waals surface area (Å²) in [7, 11) is 0. The van der Waals surface area contributed by atoms with E-state index in [1.54, 1.807) is 18.2 Å². The number of carbonyl (C=O) groups is 4. The maximum absolute atomic E-state index is 12.6. The highest BCUT2D eigenvalue weighted by molar-refractivity contribution is 6.01. The fourth-order valence-corrected chi connectivity index (χ4v) is 3.60. The number of primary amides is 1. The summed E-state index contributed by atoms with van der Waals surface area (Å²) in [4.78, 5) is 50.1. The number of rotatable bonds is 6. The lowest BCUT2D eigenvalue weighted by Gasteiger charge is -2.22. The number of carbonyl (C=O) groups excluding carboxylic acids is 4. The first-order valence-electron chi connectivity index (χ1n) is 10.4. The Balaban J connectivity index is 1.34. The van der Waals surface area contributed by atoms with Crippen LogP contribution >= 0.6 is 0 Å². The van der Waals surface area contributed by atoms with Crippen molar-refractivity contribution in [2.75, 3.05) is 30.0 Å². The zero-order chi connectivity index (χ0) is 23.5. The summed E-state index contributed by atoms with van der Waals surface area (Å²) >= 11 is 0. The molecule has 0 spiro atoms. The van der Waals surface area contributed by atoms with Crippen LogP contribution in [0.3, 0.4) is 0 Å². The molecule has 0 bridgehead atoms. The fourth-order valence-electron chi connectivity index (χ4n) is 3.60. The number of nitrogens with two attached hydrogens (primary N) is 1. The van der Waals surface area contributed by atoms with Crippen LogP contribution in [0.25, 0.3) is 0 Å². The molecule has 2 aromatic rings. The number of hydrogen-bond donors (Lipinski definition) is 2. The van der Waals surface area contributed by atoms with Gasteiger partial charge >= 0.3 is 5.97 Å². The zero-order valence-corrected chi connectivity index (χ0v) is 17.9. The van der Waals surface area contributed by atoms with Gasteiger partial charge in [-0.2, -0.15) is 0 Å². The second kappa shape index (κ2) is 9.19. The van der Waals surface area contributed by atoms with E-state index in [9.17, 15) is 19.2 Å². The molecule has 0 aromatic heterocycles. The van der Waals surface area contributed by atoms with Crippen LogP contribution in [-0.4, -0.2) is 49.6 Å². The van der Waals surface area contributed by atoms with E-state index in [0.717, 1.165) is 0 Å². The van der Waals surface area contributed by atoms with Gasteiger partial charge in [-0.1, -0.05) is 0 Å². The first kappa shape index (κ1) is 22.1. The van der Waals surface area contributed by atoms with Crippen LogP contribution in [-0.2, 0) is 19.1 Å². The molecule has 2 unspecified atom stereocenters. The Morgan fingerprint density at radius 2 is 1.79 bits per heavy atom. The van der Waals surface area contributed by atoms with Crippen molar-refractivity contribution in [3.05, 3.63) is 48.0 Å². The predicted octanol–water partition coefficient (Wildman–Crippen LogP) is 1.48. The van der Waals surface area contributed by atoms with Crippen LogP contribution in [0.1, 0.15) is 23.7 Å². The number of esters is 1. The van der Waals surface area contributed by atoms with E-state index in [1.807, 2.05) is 0 Å². The van der Waals surface area contributed by atoms with Crippen LogP contribution in [0.5, 0.6) is 11.5 Å². The molecule has 0 saturated carbocycles. The molecule has 4 rings (SSSR count).